The SMILES string of the molecule is CCN(C(=O)CC(C)C)c1nc(-c2ncnc3[nH]ccc23)cs1. The predicted molar refractivity (Wildman–Crippen MR) is 92.5 cm³/mol. The molecule has 0 unspecified atom stereocenters. The van der Waals surface area contributed by atoms with Crippen molar-refractivity contribution in [2.45, 2.75) is 27.2 Å². The largest absolute Gasteiger partial charge is 0.346 e. The molecule has 3 aromatic rings. The van der Waals surface area contributed by atoms with Crippen molar-refractivity contribution < 1.29 is 4.79 Å². The number of nitrogens with zero attached hydrogens (tertiary/aromatic N) is 4. The number of aromatic nitrogens is 4. The van der Waals surface area contributed by atoms with Crippen LogP contribution in [-0.4, -0.2) is 32.4 Å². The first-order valence-corrected chi connectivity index (χ1v) is 8.52. The number of thiazole rings is 1. The van der Waals surface area contributed by atoms with E-state index in [9.17, 15) is 4.79 Å². The summed E-state index contributed by atoms with van der Waals surface area (Å²) in [6.45, 7) is 6.67. The fraction of sp³-hybridized carbons (Fsp3) is 0.375. The highest BCUT2D eigenvalue weighted by molar-refractivity contribution is 7.14. The van der Waals surface area contributed by atoms with Gasteiger partial charge in [0.2, 0.25) is 5.91 Å². The quantitative estimate of drug-likeness (QED) is 0.777. The molecule has 23 heavy (non-hydrogen) atoms. The average molecular weight is 329 g/mol. The summed E-state index contributed by atoms with van der Waals surface area (Å²) in [4.78, 5) is 30.3. The fourth-order valence-corrected chi connectivity index (χ4v) is 3.34. The van der Waals surface area contributed by atoms with Gasteiger partial charge in [0.05, 0.1) is 0 Å². The molecule has 0 aromatic carbocycles. The molecule has 0 spiro atoms. The van der Waals surface area contributed by atoms with Crippen LogP contribution < -0.4 is 4.90 Å². The number of hydrogen-bond acceptors (Lipinski definition) is 5. The van der Waals surface area contributed by atoms with E-state index in [0.29, 0.717) is 18.9 Å². The summed E-state index contributed by atoms with van der Waals surface area (Å²) < 4.78 is 0. The molecule has 3 heterocycles. The molecule has 7 heteroatoms. The highest BCUT2D eigenvalue weighted by atomic mass is 32.1. The molecule has 0 saturated carbocycles. The maximum absolute atomic E-state index is 12.4. The van der Waals surface area contributed by atoms with Crippen molar-refractivity contribution >= 4 is 33.4 Å². The van der Waals surface area contributed by atoms with Crippen LogP contribution in [0.2, 0.25) is 0 Å². The van der Waals surface area contributed by atoms with Crippen molar-refractivity contribution in [2.75, 3.05) is 11.4 Å². The van der Waals surface area contributed by atoms with Crippen LogP contribution in [0.15, 0.2) is 24.0 Å². The van der Waals surface area contributed by atoms with Crippen molar-refractivity contribution in [3.63, 3.8) is 0 Å². The van der Waals surface area contributed by atoms with Gasteiger partial charge in [-0.2, -0.15) is 0 Å². The van der Waals surface area contributed by atoms with Gasteiger partial charge in [-0.1, -0.05) is 13.8 Å². The third-order valence-corrected chi connectivity index (χ3v) is 4.38. The Morgan fingerprint density at radius 1 is 1.39 bits per heavy atom. The van der Waals surface area contributed by atoms with Crippen LogP contribution in [-0.2, 0) is 4.79 Å². The Hall–Kier alpha value is -2.28. The van der Waals surface area contributed by atoms with E-state index in [4.69, 9.17) is 0 Å². The normalized spacial score (nSPS) is 11.3. The second kappa shape index (κ2) is 6.45. The number of H-pyrrole nitrogens is 1. The van der Waals surface area contributed by atoms with Crippen molar-refractivity contribution in [3.8, 4) is 11.4 Å². The first kappa shape index (κ1) is 15.6. The zero-order valence-electron chi connectivity index (χ0n) is 13.4. The van der Waals surface area contributed by atoms with Crippen molar-refractivity contribution in [3.05, 3.63) is 24.0 Å². The summed E-state index contributed by atoms with van der Waals surface area (Å²) >= 11 is 1.47. The van der Waals surface area contributed by atoms with Gasteiger partial charge in [-0.05, 0) is 18.9 Å². The van der Waals surface area contributed by atoms with E-state index >= 15 is 0 Å². The van der Waals surface area contributed by atoms with E-state index in [1.165, 1.54) is 17.7 Å². The van der Waals surface area contributed by atoms with Crippen LogP contribution in [0.3, 0.4) is 0 Å². The third kappa shape index (κ3) is 3.10. The molecular formula is C16H19N5OS. The van der Waals surface area contributed by atoms with E-state index in [1.54, 1.807) is 4.90 Å². The van der Waals surface area contributed by atoms with Crippen LogP contribution in [0.4, 0.5) is 5.13 Å². The average Bonchev–Trinajstić information content (AvgIpc) is 3.15. The molecule has 1 amide bonds. The summed E-state index contributed by atoms with van der Waals surface area (Å²) in [6.07, 6.45) is 3.88. The van der Waals surface area contributed by atoms with Gasteiger partial charge in [0.1, 0.15) is 23.4 Å². The van der Waals surface area contributed by atoms with E-state index in [2.05, 4.69) is 19.9 Å². The maximum atomic E-state index is 12.4. The lowest BCUT2D eigenvalue weighted by Crippen LogP contribution is -2.31. The standard InChI is InChI=1S/C16H19N5OS/c1-4-21(13(22)7-10(2)3)16-20-12(8-23-16)14-11-5-6-17-15(11)19-9-18-14/h5-6,8-10H,4,7H2,1-3H3,(H,17,18,19). The Balaban J connectivity index is 1.93. The minimum atomic E-state index is 0.109. The lowest BCUT2D eigenvalue weighted by atomic mass is 10.1. The summed E-state index contributed by atoms with van der Waals surface area (Å²) in [7, 11) is 0. The first-order chi connectivity index (χ1) is 11.1. The second-order valence-corrected chi connectivity index (χ2v) is 6.55. The first-order valence-electron chi connectivity index (χ1n) is 7.64. The second-order valence-electron chi connectivity index (χ2n) is 5.71. The van der Waals surface area contributed by atoms with Gasteiger partial charge in [0.15, 0.2) is 5.13 Å². The maximum Gasteiger partial charge on any atom is 0.229 e. The summed E-state index contributed by atoms with van der Waals surface area (Å²) in [5, 5.41) is 3.59. The van der Waals surface area contributed by atoms with Crippen molar-refractivity contribution in [1.29, 1.82) is 0 Å². The molecule has 6 nitrogen and oxygen atoms in total. The molecule has 0 saturated heterocycles. The van der Waals surface area contributed by atoms with Crippen molar-refractivity contribution in [1.82, 2.24) is 19.9 Å². The Kier molecular flexibility index (Phi) is 4.38. The zero-order chi connectivity index (χ0) is 16.4. The molecule has 3 aromatic heterocycles. The Morgan fingerprint density at radius 3 is 2.96 bits per heavy atom. The van der Waals surface area contributed by atoms with Gasteiger partial charge in [0, 0.05) is 29.9 Å². The lowest BCUT2D eigenvalue weighted by Gasteiger charge is -2.18. The number of rotatable bonds is 5. The van der Waals surface area contributed by atoms with E-state index in [-0.39, 0.29) is 5.91 Å². The molecule has 0 bridgehead atoms. The topological polar surface area (TPSA) is 74.8 Å². The molecule has 0 aliphatic carbocycles. The van der Waals surface area contributed by atoms with Gasteiger partial charge in [-0.25, -0.2) is 15.0 Å². The number of anilines is 1. The number of fused-ring (bicyclic) bond motifs is 1. The van der Waals surface area contributed by atoms with Crippen LogP contribution >= 0.6 is 11.3 Å². The van der Waals surface area contributed by atoms with Crippen molar-refractivity contribution in [2.24, 2.45) is 5.92 Å². The Labute approximate surface area is 138 Å². The van der Waals surface area contributed by atoms with E-state index in [1.807, 2.05) is 38.4 Å². The molecule has 3 rings (SSSR count). The van der Waals surface area contributed by atoms with Gasteiger partial charge < -0.3 is 4.98 Å². The molecule has 0 atom stereocenters. The van der Waals surface area contributed by atoms with Crippen LogP contribution in [0.25, 0.3) is 22.4 Å². The van der Waals surface area contributed by atoms with Crippen LogP contribution in [0, 0.1) is 5.92 Å². The van der Waals surface area contributed by atoms with Gasteiger partial charge in [-0.15, -0.1) is 11.3 Å². The van der Waals surface area contributed by atoms with E-state index in [0.717, 1.165) is 27.6 Å². The monoisotopic (exact) mass is 329 g/mol. The predicted octanol–water partition coefficient (Wildman–Crippen LogP) is 3.48. The lowest BCUT2D eigenvalue weighted by molar-refractivity contribution is -0.119. The molecule has 1 N–H and O–H groups in total. The number of nitrogens with one attached hydrogen (secondary N) is 1. The summed E-state index contributed by atoms with van der Waals surface area (Å²) in [5.41, 5.74) is 2.34. The highest BCUT2D eigenvalue weighted by Crippen LogP contribution is 2.30. The number of aromatic amines is 1. The number of carbonyl (C=O) groups excluding carboxylic acids is 1. The Morgan fingerprint density at radius 2 is 2.22 bits per heavy atom. The fourth-order valence-electron chi connectivity index (χ4n) is 2.45. The highest BCUT2D eigenvalue weighted by Gasteiger charge is 2.19. The minimum Gasteiger partial charge on any atom is -0.346 e. The molecule has 0 radical (unpaired) electrons. The van der Waals surface area contributed by atoms with E-state index < -0.39 is 0 Å². The minimum absolute atomic E-state index is 0.109. The molecule has 120 valence electrons. The number of hydrogen-bond donors (Lipinski definition) is 1. The van der Waals surface area contributed by atoms with Gasteiger partial charge in [-0.3, -0.25) is 9.69 Å². The molecule has 0 aliphatic heterocycles. The van der Waals surface area contributed by atoms with Crippen LogP contribution in [0.5, 0.6) is 0 Å². The summed E-state index contributed by atoms with van der Waals surface area (Å²) in [6, 6.07) is 1.94. The van der Waals surface area contributed by atoms with Gasteiger partial charge in [0.25, 0.3) is 0 Å². The molecular weight excluding hydrogens is 310 g/mol. The molecule has 0 fully saturated rings. The van der Waals surface area contributed by atoms with Crippen LogP contribution in [0.1, 0.15) is 27.2 Å². The van der Waals surface area contributed by atoms with Gasteiger partial charge >= 0.3 is 0 Å². The molecule has 0 aliphatic rings. The smallest absolute Gasteiger partial charge is 0.229 e. The number of amides is 1. The Bertz CT molecular complexity index is 823. The zero-order valence-corrected chi connectivity index (χ0v) is 14.2. The third-order valence-electron chi connectivity index (χ3n) is 3.52. The number of carbonyl (C=O) groups is 1. The summed E-state index contributed by atoms with van der Waals surface area (Å²) in [5.74, 6) is 0.440.